The highest BCUT2D eigenvalue weighted by atomic mass is 79.9. The molecule has 1 unspecified atom stereocenters. The van der Waals surface area contributed by atoms with Crippen LogP contribution >= 0.6 is 38.9 Å². The summed E-state index contributed by atoms with van der Waals surface area (Å²) in [6.07, 6.45) is 0.732. The lowest BCUT2D eigenvalue weighted by Crippen LogP contribution is -2.29. The minimum atomic E-state index is -0.0313. The van der Waals surface area contributed by atoms with Crippen LogP contribution in [0.4, 0.5) is 0 Å². The molecule has 6 heteroatoms. The fourth-order valence-corrected chi connectivity index (χ4v) is 3.34. The minimum absolute atomic E-state index is 0.0313. The Kier molecular flexibility index (Phi) is 4.75. The van der Waals surface area contributed by atoms with Crippen molar-refractivity contribution in [2.24, 2.45) is 5.84 Å². The van der Waals surface area contributed by atoms with Crippen molar-refractivity contribution in [3.8, 4) is 0 Å². The van der Waals surface area contributed by atoms with E-state index < -0.39 is 0 Å². The van der Waals surface area contributed by atoms with Gasteiger partial charge in [-0.15, -0.1) is 11.3 Å². The van der Waals surface area contributed by atoms with Gasteiger partial charge in [-0.2, -0.15) is 0 Å². The summed E-state index contributed by atoms with van der Waals surface area (Å²) in [5.74, 6) is 5.62. The van der Waals surface area contributed by atoms with Crippen LogP contribution in [0, 0.1) is 6.92 Å². The van der Waals surface area contributed by atoms with Crippen molar-refractivity contribution >= 4 is 38.9 Å². The van der Waals surface area contributed by atoms with Gasteiger partial charge in [0.2, 0.25) is 0 Å². The first kappa shape index (κ1) is 14.0. The van der Waals surface area contributed by atoms with Gasteiger partial charge in [0, 0.05) is 27.0 Å². The van der Waals surface area contributed by atoms with E-state index in [-0.39, 0.29) is 6.04 Å². The van der Waals surface area contributed by atoms with E-state index in [1.54, 1.807) is 11.3 Å². The lowest BCUT2D eigenvalue weighted by molar-refractivity contribution is 0.550. The number of aromatic nitrogens is 1. The first-order valence-electron chi connectivity index (χ1n) is 5.42. The maximum Gasteiger partial charge on any atom is 0.0947 e. The summed E-state index contributed by atoms with van der Waals surface area (Å²) in [5, 5.41) is 3.78. The average Bonchev–Trinajstić information content (AvgIpc) is 2.72. The zero-order valence-corrected chi connectivity index (χ0v) is 12.9. The molecule has 0 spiro atoms. The summed E-state index contributed by atoms with van der Waals surface area (Å²) in [6, 6.07) is 5.76. The number of hydrogen-bond donors (Lipinski definition) is 2. The smallest absolute Gasteiger partial charge is 0.0947 e. The molecule has 0 saturated carbocycles. The van der Waals surface area contributed by atoms with Gasteiger partial charge in [0.25, 0.3) is 0 Å². The second kappa shape index (κ2) is 6.12. The first-order chi connectivity index (χ1) is 8.60. The standard InChI is InChI=1S/C12H13BrClN3S/c1-7-6-18-12(16-7)5-11(17-15)9-3-2-8(13)4-10(9)14/h2-4,6,11,17H,5,15H2,1H3. The van der Waals surface area contributed by atoms with Crippen LogP contribution in [-0.4, -0.2) is 4.98 Å². The summed E-state index contributed by atoms with van der Waals surface area (Å²) < 4.78 is 0.956. The van der Waals surface area contributed by atoms with E-state index in [1.807, 2.05) is 30.5 Å². The van der Waals surface area contributed by atoms with Gasteiger partial charge in [-0.3, -0.25) is 11.3 Å². The Morgan fingerprint density at radius 2 is 2.33 bits per heavy atom. The highest BCUT2D eigenvalue weighted by Crippen LogP contribution is 2.28. The number of hydrazine groups is 1. The first-order valence-corrected chi connectivity index (χ1v) is 7.47. The molecule has 0 aliphatic heterocycles. The van der Waals surface area contributed by atoms with Crippen molar-refractivity contribution in [1.29, 1.82) is 0 Å². The molecule has 2 rings (SSSR count). The highest BCUT2D eigenvalue weighted by Gasteiger charge is 2.15. The van der Waals surface area contributed by atoms with Crippen LogP contribution in [-0.2, 0) is 6.42 Å². The molecule has 1 aromatic heterocycles. The summed E-state index contributed by atoms with van der Waals surface area (Å²) in [7, 11) is 0. The Morgan fingerprint density at radius 1 is 1.56 bits per heavy atom. The topological polar surface area (TPSA) is 50.9 Å². The number of nitrogens with zero attached hydrogens (tertiary/aromatic N) is 1. The molecule has 0 saturated heterocycles. The third-order valence-corrected chi connectivity index (χ3v) is 4.39. The fourth-order valence-electron chi connectivity index (χ4n) is 1.71. The Morgan fingerprint density at radius 3 is 2.89 bits per heavy atom. The largest absolute Gasteiger partial charge is 0.271 e. The Balaban J connectivity index is 2.22. The predicted octanol–water partition coefficient (Wildman–Crippen LogP) is 3.61. The van der Waals surface area contributed by atoms with E-state index in [0.29, 0.717) is 5.02 Å². The van der Waals surface area contributed by atoms with Crippen LogP contribution in [0.1, 0.15) is 22.3 Å². The number of halogens is 2. The summed E-state index contributed by atoms with van der Waals surface area (Å²) >= 11 is 11.3. The van der Waals surface area contributed by atoms with Crippen LogP contribution in [0.15, 0.2) is 28.1 Å². The van der Waals surface area contributed by atoms with Crippen molar-refractivity contribution < 1.29 is 0 Å². The minimum Gasteiger partial charge on any atom is -0.271 e. The zero-order valence-electron chi connectivity index (χ0n) is 9.78. The molecule has 96 valence electrons. The van der Waals surface area contributed by atoms with Crippen LogP contribution in [0.25, 0.3) is 0 Å². The van der Waals surface area contributed by atoms with Gasteiger partial charge < -0.3 is 0 Å². The predicted molar refractivity (Wildman–Crippen MR) is 79.8 cm³/mol. The molecule has 3 nitrogen and oxygen atoms in total. The molecule has 0 amide bonds. The number of aryl methyl sites for hydroxylation is 1. The van der Waals surface area contributed by atoms with Gasteiger partial charge in [-0.25, -0.2) is 4.98 Å². The van der Waals surface area contributed by atoms with E-state index in [0.717, 1.165) is 27.2 Å². The van der Waals surface area contributed by atoms with Crippen molar-refractivity contribution in [2.75, 3.05) is 0 Å². The summed E-state index contributed by atoms with van der Waals surface area (Å²) in [5.41, 5.74) is 4.82. The summed E-state index contributed by atoms with van der Waals surface area (Å²) in [6.45, 7) is 1.98. The van der Waals surface area contributed by atoms with E-state index in [9.17, 15) is 0 Å². The van der Waals surface area contributed by atoms with Gasteiger partial charge in [-0.05, 0) is 24.6 Å². The van der Waals surface area contributed by atoms with E-state index >= 15 is 0 Å². The van der Waals surface area contributed by atoms with Gasteiger partial charge in [0.05, 0.1) is 11.0 Å². The third-order valence-electron chi connectivity index (χ3n) is 2.58. The average molecular weight is 347 g/mol. The lowest BCUT2D eigenvalue weighted by atomic mass is 10.0. The van der Waals surface area contributed by atoms with Crippen LogP contribution in [0.2, 0.25) is 5.02 Å². The zero-order chi connectivity index (χ0) is 13.1. The number of hydrogen-bond acceptors (Lipinski definition) is 4. The fraction of sp³-hybridized carbons (Fsp3) is 0.250. The third kappa shape index (κ3) is 3.30. The van der Waals surface area contributed by atoms with Crippen molar-refractivity contribution in [3.63, 3.8) is 0 Å². The van der Waals surface area contributed by atoms with Gasteiger partial charge in [0.1, 0.15) is 0 Å². The number of rotatable bonds is 4. The Bertz CT molecular complexity index is 544. The highest BCUT2D eigenvalue weighted by molar-refractivity contribution is 9.10. The lowest BCUT2D eigenvalue weighted by Gasteiger charge is -2.16. The second-order valence-electron chi connectivity index (χ2n) is 3.97. The molecule has 0 fully saturated rings. The van der Waals surface area contributed by atoms with Crippen molar-refractivity contribution in [2.45, 2.75) is 19.4 Å². The molecule has 0 bridgehead atoms. The van der Waals surface area contributed by atoms with Crippen LogP contribution in [0.3, 0.4) is 0 Å². The summed E-state index contributed by atoms with van der Waals surface area (Å²) in [4.78, 5) is 4.44. The van der Waals surface area contributed by atoms with Gasteiger partial charge >= 0.3 is 0 Å². The molecule has 0 aliphatic carbocycles. The number of nitrogens with two attached hydrogens (primary N) is 1. The van der Waals surface area contributed by atoms with Crippen LogP contribution in [0.5, 0.6) is 0 Å². The molecule has 18 heavy (non-hydrogen) atoms. The number of thiazole rings is 1. The molecule has 1 atom stereocenters. The quantitative estimate of drug-likeness (QED) is 0.657. The van der Waals surface area contributed by atoms with Gasteiger partial charge in [0.15, 0.2) is 0 Å². The molecular formula is C12H13BrClN3S. The molecule has 0 radical (unpaired) electrons. The van der Waals surface area contributed by atoms with Crippen molar-refractivity contribution in [3.05, 3.63) is 49.3 Å². The Labute approximate surface area is 123 Å². The maximum atomic E-state index is 6.23. The molecule has 0 aliphatic rings. The molecule has 3 N–H and O–H groups in total. The molecule has 2 aromatic rings. The SMILES string of the molecule is Cc1csc(CC(NN)c2ccc(Br)cc2Cl)n1. The number of benzene rings is 1. The maximum absolute atomic E-state index is 6.23. The monoisotopic (exact) mass is 345 g/mol. The van der Waals surface area contributed by atoms with E-state index in [4.69, 9.17) is 17.4 Å². The second-order valence-corrected chi connectivity index (χ2v) is 6.24. The molecular weight excluding hydrogens is 334 g/mol. The van der Waals surface area contributed by atoms with Crippen LogP contribution < -0.4 is 11.3 Å². The van der Waals surface area contributed by atoms with Gasteiger partial charge in [-0.1, -0.05) is 33.6 Å². The Hall–Kier alpha value is -0.460. The van der Waals surface area contributed by atoms with Crippen molar-refractivity contribution in [1.82, 2.24) is 10.4 Å². The normalized spacial score (nSPS) is 12.7. The van der Waals surface area contributed by atoms with E-state index in [1.165, 1.54) is 0 Å². The molecule has 1 heterocycles. The number of nitrogens with one attached hydrogen (secondary N) is 1. The van der Waals surface area contributed by atoms with E-state index in [2.05, 4.69) is 26.3 Å². The molecule has 1 aromatic carbocycles.